The zero-order chi connectivity index (χ0) is 25.5. The highest BCUT2D eigenvalue weighted by Crippen LogP contribution is 2.29. The van der Waals surface area contributed by atoms with Gasteiger partial charge < -0.3 is 4.74 Å². The normalized spacial score (nSPS) is 12.6. The molecule has 1 atom stereocenters. The highest BCUT2D eigenvalue weighted by atomic mass is 32.2. The van der Waals surface area contributed by atoms with Crippen LogP contribution in [-0.4, -0.2) is 30.3 Å². The molecule has 0 saturated heterocycles. The van der Waals surface area contributed by atoms with Crippen molar-refractivity contribution in [2.24, 2.45) is 0 Å². The minimum absolute atomic E-state index is 0.503. The van der Waals surface area contributed by atoms with E-state index in [0.717, 1.165) is 28.1 Å². The third-order valence-electron chi connectivity index (χ3n) is 5.42. The van der Waals surface area contributed by atoms with Gasteiger partial charge in [-0.05, 0) is 55.3 Å². The smallest absolute Gasteiger partial charge is 0.234 e. The minimum Gasteiger partial charge on any atom is -0.497 e. The van der Waals surface area contributed by atoms with Gasteiger partial charge in [0, 0.05) is 16.8 Å². The third kappa shape index (κ3) is 6.63. The van der Waals surface area contributed by atoms with Crippen molar-refractivity contribution in [1.82, 2.24) is 19.5 Å². The molecule has 9 heteroatoms. The second-order valence-corrected chi connectivity index (χ2v) is 10.8. The quantitative estimate of drug-likeness (QED) is 0.277. The fourth-order valence-electron chi connectivity index (χ4n) is 3.57. The molecule has 0 aliphatic rings. The Morgan fingerprint density at radius 2 is 1.78 bits per heavy atom. The van der Waals surface area contributed by atoms with Crippen molar-refractivity contribution in [2.45, 2.75) is 30.8 Å². The highest BCUT2D eigenvalue weighted by molar-refractivity contribution is 7.98. The molecule has 0 fully saturated rings. The first-order valence-corrected chi connectivity index (χ1v) is 13.9. The summed E-state index contributed by atoms with van der Waals surface area (Å²) >= 11 is 1.52. The van der Waals surface area contributed by atoms with Crippen LogP contribution in [0.3, 0.4) is 0 Å². The second kappa shape index (κ2) is 11.6. The Morgan fingerprint density at radius 3 is 2.50 bits per heavy atom. The Balaban J connectivity index is 1.60. The molecular weight excluding hydrogens is 492 g/mol. The molecule has 1 aromatic heterocycles. The van der Waals surface area contributed by atoms with Gasteiger partial charge in [-0.15, -0.1) is 10.2 Å². The lowest BCUT2D eigenvalue weighted by molar-refractivity contribution is 0.414. The molecule has 0 radical (unpaired) electrons. The number of benzene rings is 3. The Bertz CT molecular complexity index is 1430. The molecule has 1 heterocycles. The Labute approximate surface area is 216 Å². The first-order valence-electron chi connectivity index (χ1n) is 11.4. The molecule has 4 aromatic rings. The van der Waals surface area contributed by atoms with E-state index >= 15 is 0 Å². The predicted octanol–water partition coefficient (Wildman–Crippen LogP) is 5.53. The van der Waals surface area contributed by atoms with Gasteiger partial charge >= 0.3 is 0 Å². The van der Waals surface area contributed by atoms with E-state index in [2.05, 4.69) is 14.9 Å². The number of hydrogen-bond acceptors (Lipinski definition) is 6. The number of nitrogens with zero attached hydrogens (tertiary/aromatic N) is 3. The topological polar surface area (TPSA) is 86.1 Å². The molecule has 4 rings (SSSR count). The lowest BCUT2D eigenvalue weighted by Crippen LogP contribution is -2.27. The zero-order valence-electron chi connectivity index (χ0n) is 20.3. The van der Waals surface area contributed by atoms with E-state index in [1.807, 2.05) is 90.4 Å². The summed E-state index contributed by atoms with van der Waals surface area (Å²) in [7, 11) is -2.08. The number of aryl methyl sites for hydroxylation is 1. The number of sulfonamides is 1. The summed E-state index contributed by atoms with van der Waals surface area (Å²) in [6.45, 7) is 3.78. The summed E-state index contributed by atoms with van der Waals surface area (Å²) < 4.78 is 35.5. The van der Waals surface area contributed by atoms with Crippen LogP contribution in [0.2, 0.25) is 0 Å². The first kappa shape index (κ1) is 25.7. The molecule has 0 aliphatic carbocycles. The van der Waals surface area contributed by atoms with Gasteiger partial charge in [-0.25, -0.2) is 13.1 Å². The maximum atomic E-state index is 12.8. The van der Waals surface area contributed by atoms with E-state index in [1.54, 1.807) is 20.1 Å². The maximum absolute atomic E-state index is 12.8. The Morgan fingerprint density at radius 1 is 1.03 bits per heavy atom. The molecule has 0 spiro atoms. The largest absolute Gasteiger partial charge is 0.497 e. The first-order chi connectivity index (χ1) is 17.3. The monoisotopic (exact) mass is 520 g/mol. The number of rotatable bonds is 10. The Hall–Kier alpha value is -3.40. The summed E-state index contributed by atoms with van der Waals surface area (Å²) in [5, 5.41) is 10.6. The fraction of sp³-hybridized carbons (Fsp3) is 0.185. The van der Waals surface area contributed by atoms with Crippen LogP contribution in [0.5, 0.6) is 5.75 Å². The summed E-state index contributed by atoms with van der Waals surface area (Å²) in [6.07, 6.45) is 1.56. The van der Waals surface area contributed by atoms with Crippen molar-refractivity contribution in [2.75, 3.05) is 7.11 Å². The van der Waals surface area contributed by atoms with E-state index in [-0.39, 0.29) is 0 Å². The number of thioether (sulfide) groups is 1. The summed E-state index contributed by atoms with van der Waals surface area (Å²) in [4.78, 5) is 0. The standard InChI is InChI=1S/C27H28N4O3S2/c1-20-12-14-24(15-13-20)31-26(21(2)30-36(32,33)17-16-22-8-5-4-6-9-22)28-29-27(31)35-19-23-10-7-11-25(18-23)34-3/h4-18,21,30H,19H2,1-3H3/b17-16+. The highest BCUT2D eigenvalue weighted by Gasteiger charge is 2.22. The van der Waals surface area contributed by atoms with Crippen molar-refractivity contribution in [3.05, 3.63) is 107 Å². The molecule has 0 amide bonds. The van der Waals surface area contributed by atoms with Crippen LogP contribution in [0.4, 0.5) is 0 Å². The summed E-state index contributed by atoms with van der Waals surface area (Å²) in [6, 6.07) is 24.5. The molecule has 0 aliphatic heterocycles. The fourth-order valence-corrected chi connectivity index (χ4v) is 5.49. The third-order valence-corrected chi connectivity index (χ3v) is 7.60. The SMILES string of the molecule is COc1cccc(CSc2nnc(C(C)NS(=O)(=O)/C=C/c3ccccc3)n2-c2ccc(C)cc2)c1. The van der Waals surface area contributed by atoms with Gasteiger partial charge in [-0.1, -0.05) is 71.9 Å². The molecule has 0 saturated carbocycles. The van der Waals surface area contributed by atoms with Gasteiger partial charge in [0.1, 0.15) is 5.75 Å². The number of aromatic nitrogens is 3. The maximum Gasteiger partial charge on any atom is 0.234 e. The predicted molar refractivity (Wildman–Crippen MR) is 145 cm³/mol. The van der Waals surface area contributed by atoms with Gasteiger partial charge in [-0.2, -0.15) is 0 Å². The van der Waals surface area contributed by atoms with Gasteiger partial charge in [0.25, 0.3) is 0 Å². The molecular formula is C27H28N4O3S2. The average Bonchev–Trinajstić information content (AvgIpc) is 3.31. The second-order valence-electron chi connectivity index (χ2n) is 8.25. The van der Waals surface area contributed by atoms with Crippen molar-refractivity contribution < 1.29 is 13.2 Å². The van der Waals surface area contributed by atoms with Gasteiger partial charge in [0.2, 0.25) is 10.0 Å². The van der Waals surface area contributed by atoms with E-state index in [1.165, 1.54) is 17.2 Å². The number of methoxy groups -OCH3 is 1. The van der Waals surface area contributed by atoms with Crippen LogP contribution in [-0.2, 0) is 15.8 Å². The zero-order valence-corrected chi connectivity index (χ0v) is 22.0. The molecule has 3 aromatic carbocycles. The van der Waals surface area contributed by atoms with Crippen molar-refractivity contribution >= 4 is 27.9 Å². The van der Waals surface area contributed by atoms with Crippen LogP contribution in [0.15, 0.2) is 89.4 Å². The molecule has 1 N–H and O–H groups in total. The van der Waals surface area contributed by atoms with Crippen molar-refractivity contribution in [3.8, 4) is 11.4 Å². The van der Waals surface area contributed by atoms with Gasteiger partial charge in [0.05, 0.1) is 13.2 Å². The van der Waals surface area contributed by atoms with Crippen LogP contribution < -0.4 is 9.46 Å². The Kier molecular flexibility index (Phi) is 8.25. The number of nitrogens with one attached hydrogen (secondary N) is 1. The number of hydrogen-bond donors (Lipinski definition) is 1. The number of ether oxygens (including phenoxy) is 1. The van der Waals surface area contributed by atoms with E-state index in [0.29, 0.717) is 16.7 Å². The molecule has 36 heavy (non-hydrogen) atoms. The van der Waals surface area contributed by atoms with Crippen molar-refractivity contribution in [1.29, 1.82) is 0 Å². The van der Waals surface area contributed by atoms with Crippen molar-refractivity contribution in [3.63, 3.8) is 0 Å². The van der Waals surface area contributed by atoms with Gasteiger partial charge in [0.15, 0.2) is 11.0 Å². The van der Waals surface area contributed by atoms with E-state index < -0.39 is 16.1 Å². The van der Waals surface area contributed by atoms with Crippen LogP contribution in [0.1, 0.15) is 35.5 Å². The lowest BCUT2D eigenvalue weighted by Gasteiger charge is -2.16. The molecule has 1 unspecified atom stereocenters. The van der Waals surface area contributed by atoms with Crippen LogP contribution >= 0.6 is 11.8 Å². The van der Waals surface area contributed by atoms with Crippen LogP contribution in [0.25, 0.3) is 11.8 Å². The molecule has 186 valence electrons. The van der Waals surface area contributed by atoms with E-state index in [9.17, 15) is 8.42 Å². The van der Waals surface area contributed by atoms with Crippen LogP contribution in [0, 0.1) is 6.92 Å². The summed E-state index contributed by atoms with van der Waals surface area (Å²) in [5.41, 5.74) is 3.87. The molecule has 7 nitrogen and oxygen atoms in total. The lowest BCUT2D eigenvalue weighted by atomic mass is 10.2. The van der Waals surface area contributed by atoms with E-state index in [4.69, 9.17) is 4.74 Å². The summed E-state index contributed by atoms with van der Waals surface area (Å²) in [5.74, 6) is 1.95. The van der Waals surface area contributed by atoms with Gasteiger partial charge in [-0.3, -0.25) is 4.57 Å². The molecule has 0 bridgehead atoms. The minimum atomic E-state index is -3.72. The average molecular weight is 521 g/mol.